The Morgan fingerprint density at radius 1 is 1.07 bits per heavy atom. The first kappa shape index (κ1) is 7.69. The predicted octanol–water partition coefficient (Wildman–Crippen LogP) is 3.50. The Morgan fingerprint density at radius 2 is 1.86 bits per heavy atom. The molecule has 0 aliphatic heterocycles. The minimum Gasteiger partial charge on any atom is -0.0596 e. The molecule has 1 aliphatic rings. The van der Waals surface area contributed by atoms with E-state index in [0.29, 0.717) is 0 Å². The largest absolute Gasteiger partial charge is 0.104 e. The van der Waals surface area contributed by atoms with E-state index in [1.807, 2.05) is 0 Å². The van der Waals surface area contributed by atoms with Crippen LogP contribution in [0.2, 0.25) is 0 Å². The van der Waals surface area contributed by atoms with E-state index < -0.39 is 0 Å². The lowest BCUT2D eigenvalue weighted by Gasteiger charge is -2.12. The SMILES string of the molecule is C=C1[CH+]c2cccc3cccc(c23)C1. The van der Waals surface area contributed by atoms with Gasteiger partial charge in [0.15, 0.2) is 0 Å². The summed E-state index contributed by atoms with van der Waals surface area (Å²) in [5.41, 5.74) is 3.93. The van der Waals surface area contributed by atoms with Crippen molar-refractivity contribution in [1.82, 2.24) is 0 Å². The maximum Gasteiger partial charge on any atom is 0.104 e. The van der Waals surface area contributed by atoms with Gasteiger partial charge in [-0.3, -0.25) is 0 Å². The van der Waals surface area contributed by atoms with Gasteiger partial charge < -0.3 is 0 Å². The van der Waals surface area contributed by atoms with E-state index in [4.69, 9.17) is 0 Å². The smallest absolute Gasteiger partial charge is 0.0596 e. The molecule has 2 aromatic rings. The van der Waals surface area contributed by atoms with Crippen LogP contribution in [0.3, 0.4) is 0 Å². The normalized spacial score (nSPS) is 14.1. The average molecular weight is 179 g/mol. The summed E-state index contributed by atoms with van der Waals surface area (Å²) in [7, 11) is 0. The van der Waals surface area contributed by atoms with Crippen molar-refractivity contribution in [3.8, 4) is 0 Å². The molecule has 0 heteroatoms. The first-order valence-electron chi connectivity index (χ1n) is 4.88. The zero-order valence-corrected chi connectivity index (χ0v) is 7.96. The monoisotopic (exact) mass is 179 g/mol. The molecule has 14 heavy (non-hydrogen) atoms. The standard InChI is InChI=1S/C14H11/c1-10-8-12-6-2-4-11-5-3-7-13(9-10)14(11)12/h2-8H,1,9H2/q+1. The molecule has 0 bridgehead atoms. The van der Waals surface area contributed by atoms with Gasteiger partial charge in [-0.25, -0.2) is 0 Å². The van der Waals surface area contributed by atoms with Gasteiger partial charge in [0.05, 0.1) is 5.39 Å². The van der Waals surface area contributed by atoms with E-state index in [-0.39, 0.29) is 0 Å². The van der Waals surface area contributed by atoms with Crippen molar-refractivity contribution in [3.05, 3.63) is 66.1 Å². The molecule has 66 valence electrons. The Morgan fingerprint density at radius 3 is 2.71 bits per heavy atom. The summed E-state index contributed by atoms with van der Waals surface area (Å²) in [5.74, 6) is 0. The van der Waals surface area contributed by atoms with Crippen molar-refractivity contribution in [3.63, 3.8) is 0 Å². The molecule has 0 heterocycles. The van der Waals surface area contributed by atoms with E-state index in [0.717, 1.165) is 6.42 Å². The van der Waals surface area contributed by atoms with Gasteiger partial charge in [-0.2, -0.15) is 0 Å². The first-order valence-corrected chi connectivity index (χ1v) is 4.88. The van der Waals surface area contributed by atoms with Crippen LogP contribution in [-0.2, 0) is 6.42 Å². The lowest BCUT2D eigenvalue weighted by Crippen LogP contribution is -2.01. The van der Waals surface area contributed by atoms with Crippen LogP contribution in [0.1, 0.15) is 11.1 Å². The third-order valence-corrected chi connectivity index (χ3v) is 2.80. The molecule has 0 nitrogen and oxygen atoms in total. The van der Waals surface area contributed by atoms with Gasteiger partial charge in [-0.05, 0) is 30.8 Å². The molecule has 0 N–H and O–H groups in total. The Bertz CT molecular complexity index is 478. The minimum atomic E-state index is 0.994. The maximum absolute atomic E-state index is 4.04. The summed E-state index contributed by atoms with van der Waals surface area (Å²) < 4.78 is 0. The first-order chi connectivity index (χ1) is 6.84. The fraction of sp³-hybridized carbons (Fsp3) is 0.0714. The fourth-order valence-electron chi connectivity index (χ4n) is 2.23. The van der Waals surface area contributed by atoms with Crippen LogP contribution in [0, 0.1) is 6.42 Å². The highest BCUT2D eigenvalue weighted by Crippen LogP contribution is 2.32. The third-order valence-electron chi connectivity index (χ3n) is 2.80. The van der Waals surface area contributed by atoms with Crippen LogP contribution < -0.4 is 0 Å². The summed E-state index contributed by atoms with van der Waals surface area (Å²) >= 11 is 0. The van der Waals surface area contributed by atoms with E-state index in [9.17, 15) is 0 Å². The van der Waals surface area contributed by atoms with Crippen molar-refractivity contribution < 1.29 is 0 Å². The van der Waals surface area contributed by atoms with E-state index in [1.165, 1.54) is 27.5 Å². The molecule has 0 aromatic heterocycles. The number of rotatable bonds is 0. The second kappa shape index (κ2) is 2.65. The predicted molar refractivity (Wildman–Crippen MR) is 60.2 cm³/mol. The molecule has 0 spiro atoms. The van der Waals surface area contributed by atoms with Gasteiger partial charge in [0.2, 0.25) is 0 Å². The number of hydrogen-bond donors (Lipinski definition) is 0. The summed E-state index contributed by atoms with van der Waals surface area (Å²) in [6.07, 6.45) is 3.18. The summed E-state index contributed by atoms with van der Waals surface area (Å²) in [6.45, 7) is 4.04. The molecular weight excluding hydrogens is 168 g/mol. The maximum atomic E-state index is 4.04. The molecule has 0 atom stereocenters. The number of hydrogen-bond acceptors (Lipinski definition) is 0. The van der Waals surface area contributed by atoms with Gasteiger partial charge in [0.1, 0.15) is 5.56 Å². The molecule has 2 aromatic carbocycles. The highest BCUT2D eigenvalue weighted by Gasteiger charge is 2.19. The fourth-order valence-corrected chi connectivity index (χ4v) is 2.23. The van der Waals surface area contributed by atoms with Crippen molar-refractivity contribution in [2.24, 2.45) is 0 Å². The van der Waals surface area contributed by atoms with Gasteiger partial charge >= 0.3 is 0 Å². The molecule has 0 amide bonds. The van der Waals surface area contributed by atoms with Crippen molar-refractivity contribution in [1.29, 1.82) is 0 Å². The van der Waals surface area contributed by atoms with Gasteiger partial charge in [0.25, 0.3) is 0 Å². The Labute approximate surface area is 83.9 Å². The molecule has 0 fully saturated rings. The minimum absolute atomic E-state index is 0.994. The zero-order chi connectivity index (χ0) is 9.54. The molecule has 0 radical (unpaired) electrons. The molecule has 0 saturated carbocycles. The highest BCUT2D eigenvalue weighted by atomic mass is 14.2. The van der Waals surface area contributed by atoms with Crippen molar-refractivity contribution >= 4 is 10.8 Å². The Kier molecular flexibility index (Phi) is 1.45. The van der Waals surface area contributed by atoms with Crippen LogP contribution in [0.15, 0.2) is 48.6 Å². The molecule has 3 rings (SSSR count). The van der Waals surface area contributed by atoms with Gasteiger partial charge in [-0.15, -0.1) is 0 Å². The number of benzene rings is 2. The van der Waals surface area contributed by atoms with Gasteiger partial charge in [-0.1, -0.05) is 6.07 Å². The number of allylic oxidation sites excluding steroid dienone is 1. The summed E-state index contributed by atoms with van der Waals surface area (Å²) in [5, 5.41) is 2.74. The van der Waals surface area contributed by atoms with E-state index >= 15 is 0 Å². The molecular formula is C14H11+. The average Bonchev–Trinajstić information content (AvgIpc) is 2.18. The van der Waals surface area contributed by atoms with Crippen LogP contribution in [-0.4, -0.2) is 0 Å². The van der Waals surface area contributed by atoms with Crippen LogP contribution >= 0.6 is 0 Å². The summed E-state index contributed by atoms with van der Waals surface area (Å²) in [4.78, 5) is 0. The van der Waals surface area contributed by atoms with Crippen LogP contribution in [0.5, 0.6) is 0 Å². The zero-order valence-electron chi connectivity index (χ0n) is 7.96. The summed E-state index contributed by atoms with van der Waals surface area (Å²) in [6, 6.07) is 12.9. The van der Waals surface area contributed by atoms with Crippen molar-refractivity contribution in [2.45, 2.75) is 6.42 Å². The van der Waals surface area contributed by atoms with Gasteiger partial charge in [0, 0.05) is 35.4 Å². The lowest BCUT2D eigenvalue weighted by atomic mass is 9.86. The van der Waals surface area contributed by atoms with E-state index in [1.54, 1.807) is 0 Å². The van der Waals surface area contributed by atoms with Crippen molar-refractivity contribution in [2.75, 3.05) is 0 Å². The molecule has 0 saturated heterocycles. The van der Waals surface area contributed by atoms with E-state index in [2.05, 4.69) is 49.4 Å². The lowest BCUT2D eigenvalue weighted by molar-refractivity contribution is 1.16. The molecule has 0 unspecified atom stereocenters. The Balaban J connectivity index is 2.45. The Hall–Kier alpha value is -1.69. The van der Waals surface area contributed by atoms with Crippen LogP contribution in [0.4, 0.5) is 0 Å². The topological polar surface area (TPSA) is 0 Å². The third kappa shape index (κ3) is 0.973. The van der Waals surface area contributed by atoms with Crippen LogP contribution in [0.25, 0.3) is 10.8 Å². The quantitative estimate of drug-likeness (QED) is 0.543. The second-order valence-corrected chi connectivity index (χ2v) is 3.84. The second-order valence-electron chi connectivity index (χ2n) is 3.84. The highest BCUT2D eigenvalue weighted by molar-refractivity contribution is 5.92. The molecule has 1 aliphatic carbocycles.